The van der Waals surface area contributed by atoms with Crippen molar-refractivity contribution in [3.05, 3.63) is 40.4 Å². The van der Waals surface area contributed by atoms with Crippen LogP contribution in [0.2, 0.25) is 0 Å². The molecule has 2 heterocycles. The van der Waals surface area contributed by atoms with E-state index in [4.69, 9.17) is 0 Å². The number of hydrogen-bond donors (Lipinski definition) is 2. The molecule has 0 saturated carbocycles. The van der Waals surface area contributed by atoms with E-state index in [-0.39, 0.29) is 23.3 Å². The second-order valence-corrected chi connectivity index (χ2v) is 9.81. The van der Waals surface area contributed by atoms with Crippen molar-refractivity contribution in [2.24, 2.45) is 5.92 Å². The predicted octanol–water partition coefficient (Wildman–Crippen LogP) is 2.92. The fourth-order valence-corrected chi connectivity index (χ4v) is 4.60. The van der Waals surface area contributed by atoms with Crippen LogP contribution in [0.3, 0.4) is 0 Å². The first-order valence-electron chi connectivity index (χ1n) is 8.59. The minimum atomic E-state index is -3.22. The Balaban J connectivity index is 1.64. The smallest absolute Gasteiger partial charge is 0.230 e. The van der Waals surface area contributed by atoms with Gasteiger partial charge >= 0.3 is 0 Å². The average Bonchev–Trinajstić information content (AvgIpc) is 3.13. The van der Waals surface area contributed by atoms with E-state index >= 15 is 0 Å². The van der Waals surface area contributed by atoms with Gasteiger partial charge < -0.3 is 10.6 Å². The maximum absolute atomic E-state index is 12.3. The van der Waals surface area contributed by atoms with Crippen LogP contribution in [-0.4, -0.2) is 25.6 Å². The van der Waals surface area contributed by atoms with Crippen molar-refractivity contribution in [1.29, 1.82) is 0 Å². The fourth-order valence-electron chi connectivity index (χ4n) is 3.00. The number of nitrogens with zero attached hydrogens (tertiary/aromatic N) is 1. The van der Waals surface area contributed by atoms with E-state index in [1.807, 2.05) is 0 Å². The molecule has 2 N–H and O–H groups in total. The molecule has 1 aromatic carbocycles. The van der Waals surface area contributed by atoms with Crippen LogP contribution in [0.5, 0.6) is 0 Å². The molecular weight excluding hydrogens is 370 g/mol. The summed E-state index contributed by atoms with van der Waals surface area (Å²) in [6.07, 6.45) is 2.42. The summed E-state index contributed by atoms with van der Waals surface area (Å²) in [7, 11) is -3.22. The molecule has 1 aromatic heterocycles. The summed E-state index contributed by atoms with van der Waals surface area (Å²) in [5, 5.41) is 6.97. The number of carbonyl (C=O) groups is 1. The van der Waals surface area contributed by atoms with Gasteiger partial charge in [-0.2, -0.15) is 0 Å². The highest BCUT2D eigenvalue weighted by Gasteiger charge is 2.30. The van der Waals surface area contributed by atoms with Crippen molar-refractivity contribution in [3.63, 3.8) is 0 Å². The lowest BCUT2D eigenvalue weighted by atomic mass is 9.98. The molecule has 140 valence electrons. The molecule has 6 nitrogen and oxygen atoms in total. The number of nitrogens with one attached hydrogen (secondary N) is 2. The van der Waals surface area contributed by atoms with Crippen LogP contribution in [0, 0.1) is 5.92 Å². The van der Waals surface area contributed by atoms with Crippen LogP contribution in [0.4, 0.5) is 5.13 Å². The summed E-state index contributed by atoms with van der Waals surface area (Å²) >= 11 is 1.51. The van der Waals surface area contributed by atoms with E-state index < -0.39 is 9.84 Å². The van der Waals surface area contributed by atoms with E-state index in [0.29, 0.717) is 11.0 Å². The summed E-state index contributed by atoms with van der Waals surface area (Å²) < 4.78 is 23.0. The second kappa shape index (κ2) is 7.46. The number of thiazole rings is 1. The van der Waals surface area contributed by atoms with Gasteiger partial charge in [0.15, 0.2) is 15.0 Å². The number of sulfone groups is 1. The first-order chi connectivity index (χ1) is 12.3. The fraction of sp³-hybridized carbons (Fsp3) is 0.444. The van der Waals surface area contributed by atoms with Crippen LogP contribution in [0.1, 0.15) is 42.4 Å². The van der Waals surface area contributed by atoms with Crippen LogP contribution in [0.25, 0.3) is 0 Å². The Morgan fingerprint density at radius 2 is 2.08 bits per heavy atom. The molecule has 8 heteroatoms. The van der Waals surface area contributed by atoms with Gasteiger partial charge in [0.05, 0.1) is 23.1 Å². The Morgan fingerprint density at radius 3 is 2.69 bits per heavy atom. The van der Waals surface area contributed by atoms with Gasteiger partial charge in [0.1, 0.15) is 0 Å². The number of benzene rings is 1. The predicted molar refractivity (Wildman–Crippen MR) is 103 cm³/mol. The Labute approximate surface area is 158 Å². The van der Waals surface area contributed by atoms with Crippen molar-refractivity contribution in [2.45, 2.75) is 44.2 Å². The molecule has 3 rings (SSSR count). The summed E-state index contributed by atoms with van der Waals surface area (Å²) in [6.45, 7) is 5.16. The lowest BCUT2D eigenvalue weighted by Crippen LogP contribution is -2.20. The number of anilines is 1. The lowest BCUT2D eigenvalue weighted by Gasteiger charge is -2.17. The Bertz CT molecular complexity index is 904. The molecule has 0 bridgehead atoms. The van der Waals surface area contributed by atoms with Crippen LogP contribution in [0.15, 0.2) is 29.2 Å². The third kappa shape index (κ3) is 4.13. The monoisotopic (exact) mass is 393 g/mol. The lowest BCUT2D eigenvalue weighted by molar-refractivity contribution is -0.115. The van der Waals surface area contributed by atoms with Gasteiger partial charge in [0.2, 0.25) is 5.91 Å². The van der Waals surface area contributed by atoms with Crippen molar-refractivity contribution < 1.29 is 13.2 Å². The van der Waals surface area contributed by atoms with Crippen molar-refractivity contribution in [1.82, 2.24) is 10.3 Å². The zero-order valence-electron chi connectivity index (χ0n) is 15.1. The summed E-state index contributed by atoms with van der Waals surface area (Å²) in [6, 6.07) is 6.64. The molecule has 0 spiro atoms. The van der Waals surface area contributed by atoms with E-state index in [9.17, 15) is 13.2 Å². The van der Waals surface area contributed by atoms with E-state index in [2.05, 4.69) is 29.5 Å². The zero-order chi connectivity index (χ0) is 18.9. The molecule has 2 aromatic rings. The minimum Gasteiger partial charge on any atom is -0.303 e. The molecule has 0 aliphatic carbocycles. The molecule has 26 heavy (non-hydrogen) atoms. The van der Waals surface area contributed by atoms with Crippen LogP contribution >= 0.6 is 11.3 Å². The summed E-state index contributed by atoms with van der Waals surface area (Å²) in [5.41, 5.74) is 1.82. The van der Waals surface area contributed by atoms with E-state index in [1.165, 1.54) is 28.3 Å². The quantitative estimate of drug-likeness (QED) is 0.788. The SMILES string of the molecule is CC[C@H](C)[C@@H]1NCc2sc(NC(=O)Cc3ccc(S(C)(=O)=O)cc3)nc21. The van der Waals surface area contributed by atoms with Gasteiger partial charge in [-0.3, -0.25) is 4.79 Å². The molecule has 1 aliphatic heterocycles. The number of carbonyl (C=O) groups excluding carboxylic acids is 1. The Morgan fingerprint density at radius 1 is 1.38 bits per heavy atom. The molecule has 0 unspecified atom stereocenters. The van der Waals surface area contributed by atoms with E-state index in [1.54, 1.807) is 12.1 Å². The standard InChI is InChI=1S/C18H23N3O3S2/c1-4-11(2)16-17-14(10-19-16)25-18(21-17)20-15(22)9-12-5-7-13(8-6-12)26(3,23)24/h5-8,11,16,19H,4,9-10H2,1-3H3,(H,20,21,22)/t11-,16-/m0/s1. The van der Waals surface area contributed by atoms with Gasteiger partial charge in [-0.15, -0.1) is 11.3 Å². The highest BCUT2D eigenvalue weighted by atomic mass is 32.2. The summed E-state index contributed by atoms with van der Waals surface area (Å²) in [4.78, 5) is 18.3. The third-order valence-corrected chi connectivity index (χ3v) is 6.80. The second-order valence-electron chi connectivity index (χ2n) is 6.71. The van der Waals surface area contributed by atoms with Crippen molar-refractivity contribution in [2.75, 3.05) is 11.6 Å². The third-order valence-electron chi connectivity index (χ3n) is 4.68. The number of hydrogen-bond acceptors (Lipinski definition) is 6. The maximum atomic E-state index is 12.3. The van der Waals surface area contributed by atoms with Crippen molar-refractivity contribution >= 4 is 32.2 Å². The zero-order valence-corrected chi connectivity index (χ0v) is 16.7. The van der Waals surface area contributed by atoms with Gasteiger partial charge in [0, 0.05) is 17.7 Å². The van der Waals surface area contributed by atoms with Gasteiger partial charge in [-0.05, 0) is 23.6 Å². The highest BCUT2D eigenvalue weighted by Crippen LogP contribution is 2.37. The maximum Gasteiger partial charge on any atom is 0.230 e. The van der Waals surface area contributed by atoms with Crippen LogP contribution < -0.4 is 10.6 Å². The van der Waals surface area contributed by atoms with Gasteiger partial charge in [0.25, 0.3) is 0 Å². The molecule has 2 atom stereocenters. The Hall–Kier alpha value is -1.77. The van der Waals surface area contributed by atoms with Crippen molar-refractivity contribution in [3.8, 4) is 0 Å². The largest absolute Gasteiger partial charge is 0.303 e. The molecular formula is C18H23N3O3S2. The first kappa shape index (κ1) is 19.0. The normalized spacial score (nSPS) is 17.7. The van der Waals surface area contributed by atoms with Crippen LogP contribution in [-0.2, 0) is 27.6 Å². The molecule has 1 amide bonds. The molecule has 0 radical (unpaired) electrons. The molecule has 0 saturated heterocycles. The highest BCUT2D eigenvalue weighted by molar-refractivity contribution is 7.90. The average molecular weight is 394 g/mol. The number of fused-ring (bicyclic) bond motifs is 1. The topological polar surface area (TPSA) is 88.2 Å². The van der Waals surface area contributed by atoms with Gasteiger partial charge in [-0.1, -0.05) is 32.4 Å². The molecule has 1 aliphatic rings. The number of amides is 1. The number of rotatable bonds is 6. The first-order valence-corrected chi connectivity index (χ1v) is 11.3. The van der Waals surface area contributed by atoms with Gasteiger partial charge in [-0.25, -0.2) is 13.4 Å². The Kier molecular flexibility index (Phi) is 5.45. The number of aromatic nitrogens is 1. The minimum absolute atomic E-state index is 0.155. The van der Waals surface area contributed by atoms with E-state index in [0.717, 1.165) is 30.5 Å². The summed E-state index contributed by atoms with van der Waals surface area (Å²) in [5.74, 6) is 0.341. The molecule has 0 fully saturated rings.